The zero-order chi connectivity index (χ0) is 9.82. The predicted octanol–water partition coefficient (Wildman–Crippen LogP) is 3.54. The highest BCUT2D eigenvalue weighted by Gasteiger charge is 1.94. The molecular weight excluding hydrogens is 146 g/mol. The molecule has 12 heavy (non-hydrogen) atoms. The lowest BCUT2D eigenvalue weighted by Gasteiger charge is -2.14. The fraction of sp³-hybridized carbons (Fsp3) is 1.00. The summed E-state index contributed by atoms with van der Waals surface area (Å²) >= 11 is 0. The van der Waals surface area contributed by atoms with Crippen molar-refractivity contribution in [1.82, 2.24) is 4.90 Å². The zero-order valence-corrected chi connectivity index (χ0v) is 9.69. The minimum atomic E-state index is 1.27. The number of rotatable bonds is 6. The predicted molar refractivity (Wildman–Crippen MR) is 58.7 cm³/mol. The third kappa shape index (κ3) is 12.6. The van der Waals surface area contributed by atoms with E-state index in [1.54, 1.807) is 0 Å². The Morgan fingerprint density at radius 3 is 1.42 bits per heavy atom. The van der Waals surface area contributed by atoms with Crippen LogP contribution in [0.2, 0.25) is 0 Å². The van der Waals surface area contributed by atoms with E-state index in [1.165, 1.54) is 38.8 Å². The second kappa shape index (κ2) is 13.5. The molecule has 0 radical (unpaired) electrons. The van der Waals surface area contributed by atoms with Crippen molar-refractivity contribution in [1.29, 1.82) is 0 Å². The largest absolute Gasteiger partial charge is 0.306 e. The first-order valence-corrected chi connectivity index (χ1v) is 5.49. The molecule has 0 aromatic rings. The molecule has 0 amide bonds. The Labute approximate surface area is 79.2 Å². The molecule has 0 fully saturated rings. The quantitative estimate of drug-likeness (QED) is 0.594. The van der Waals surface area contributed by atoms with Gasteiger partial charge in [0.2, 0.25) is 0 Å². The Hall–Kier alpha value is -0.0400. The van der Waals surface area contributed by atoms with Crippen molar-refractivity contribution in [2.24, 2.45) is 0 Å². The molecule has 0 aliphatic rings. The van der Waals surface area contributed by atoms with Crippen molar-refractivity contribution in [3.8, 4) is 0 Å². The minimum Gasteiger partial charge on any atom is -0.306 e. The van der Waals surface area contributed by atoms with Crippen LogP contribution < -0.4 is 0 Å². The lowest BCUT2D eigenvalue weighted by Crippen LogP contribution is -2.20. The highest BCUT2D eigenvalue weighted by Crippen LogP contribution is 1.94. The maximum Gasteiger partial charge on any atom is -0.00219 e. The molecule has 0 aliphatic carbocycles. The van der Waals surface area contributed by atoms with Crippen molar-refractivity contribution >= 4 is 0 Å². The summed E-state index contributed by atoms with van der Waals surface area (Å²) < 4.78 is 0. The molecule has 0 spiro atoms. The Balaban J connectivity index is 0. The molecule has 0 saturated heterocycles. The van der Waals surface area contributed by atoms with Gasteiger partial charge in [-0.2, -0.15) is 0 Å². The van der Waals surface area contributed by atoms with Crippen LogP contribution in [0.5, 0.6) is 0 Å². The molecule has 0 atom stereocenters. The highest BCUT2D eigenvalue weighted by molar-refractivity contribution is 4.49. The Bertz CT molecular complexity index is 54.0. The van der Waals surface area contributed by atoms with E-state index in [4.69, 9.17) is 0 Å². The van der Waals surface area contributed by atoms with Gasteiger partial charge in [0.15, 0.2) is 0 Å². The van der Waals surface area contributed by atoms with Crippen molar-refractivity contribution in [3.63, 3.8) is 0 Å². The third-order valence-corrected chi connectivity index (χ3v) is 1.79. The third-order valence-electron chi connectivity index (χ3n) is 1.79. The van der Waals surface area contributed by atoms with Crippen molar-refractivity contribution < 1.29 is 0 Å². The lowest BCUT2D eigenvalue weighted by atomic mass is 10.3. The summed E-state index contributed by atoms with van der Waals surface area (Å²) in [5.74, 6) is 0. The van der Waals surface area contributed by atoms with Gasteiger partial charge in [-0.15, -0.1) is 0 Å². The van der Waals surface area contributed by atoms with Gasteiger partial charge in [-0.1, -0.05) is 40.5 Å². The van der Waals surface area contributed by atoms with Crippen LogP contribution >= 0.6 is 0 Å². The van der Waals surface area contributed by atoms with E-state index in [9.17, 15) is 0 Å². The lowest BCUT2D eigenvalue weighted by molar-refractivity contribution is 0.322. The fourth-order valence-corrected chi connectivity index (χ4v) is 0.968. The molecule has 0 saturated carbocycles. The summed E-state index contributed by atoms with van der Waals surface area (Å²) in [5, 5.41) is 0. The summed E-state index contributed by atoms with van der Waals surface area (Å²) in [6.45, 7) is 11.0. The van der Waals surface area contributed by atoms with Crippen LogP contribution in [-0.4, -0.2) is 25.0 Å². The summed E-state index contributed by atoms with van der Waals surface area (Å²) in [6.07, 6.45) is 5.33. The molecule has 0 unspecified atom stereocenters. The fourth-order valence-electron chi connectivity index (χ4n) is 0.968. The van der Waals surface area contributed by atoms with Crippen LogP contribution in [0.1, 0.15) is 53.4 Å². The first-order valence-electron chi connectivity index (χ1n) is 5.49. The molecule has 0 rings (SSSR count). The minimum absolute atomic E-state index is 1.27. The van der Waals surface area contributed by atoms with Crippen molar-refractivity contribution in [2.75, 3.05) is 20.1 Å². The molecule has 0 N–H and O–H groups in total. The molecule has 0 aliphatic heterocycles. The van der Waals surface area contributed by atoms with E-state index in [0.29, 0.717) is 0 Å². The van der Waals surface area contributed by atoms with Crippen LogP contribution in [0.15, 0.2) is 0 Å². The van der Waals surface area contributed by atoms with Crippen molar-refractivity contribution in [2.45, 2.75) is 53.4 Å². The smallest absolute Gasteiger partial charge is 0.00219 e. The monoisotopic (exact) mass is 173 g/mol. The van der Waals surface area contributed by atoms with Gasteiger partial charge < -0.3 is 4.90 Å². The van der Waals surface area contributed by atoms with Gasteiger partial charge in [0.25, 0.3) is 0 Å². The molecular formula is C11H27N. The zero-order valence-electron chi connectivity index (χ0n) is 9.69. The van der Waals surface area contributed by atoms with E-state index in [0.717, 1.165) is 0 Å². The van der Waals surface area contributed by atoms with Gasteiger partial charge in [0.1, 0.15) is 0 Å². The van der Waals surface area contributed by atoms with E-state index >= 15 is 0 Å². The summed E-state index contributed by atoms with van der Waals surface area (Å²) in [7, 11) is 2.21. The topological polar surface area (TPSA) is 3.24 Å². The second-order valence-electron chi connectivity index (χ2n) is 3.01. The van der Waals surface area contributed by atoms with Crippen LogP contribution in [0.3, 0.4) is 0 Å². The first-order chi connectivity index (χ1) is 5.81. The molecule has 76 valence electrons. The van der Waals surface area contributed by atoms with E-state index in [1.807, 2.05) is 13.8 Å². The molecule has 0 bridgehead atoms. The normalized spacial score (nSPS) is 9.50. The number of hydrogen-bond donors (Lipinski definition) is 0. The highest BCUT2D eigenvalue weighted by atomic mass is 15.1. The van der Waals surface area contributed by atoms with E-state index in [-0.39, 0.29) is 0 Å². The van der Waals surface area contributed by atoms with Gasteiger partial charge in [0, 0.05) is 0 Å². The van der Waals surface area contributed by atoms with Crippen molar-refractivity contribution in [3.05, 3.63) is 0 Å². The van der Waals surface area contributed by atoms with E-state index in [2.05, 4.69) is 25.8 Å². The molecule has 0 aromatic heterocycles. The summed E-state index contributed by atoms with van der Waals surface area (Å²) in [4.78, 5) is 2.42. The van der Waals surface area contributed by atoms with Gasteiger partial charge in [-0.3, -0.25) is 0 Å². The van der Waals surface area contributed by atoms with Crippen LogP contribution in [0.4, 0.5) is 0 Å². The van der Waals surface area contributed by atoms with Crippen LogP contribution in [0.25, 0.3) is 0 Å². The number of nitrogens with zero attached hydrogens (tertiary/aromatic N) is 1. The number of hydrogen-bond acceptors (Lipinski definition) is 1. The molecule has 1 heteroatoms. The van der Waals surface area contributed by atoms with E-state index < -0.39 is 0 Å². The Morgan fingerprint density at radius 1 is 0.833 bits per heavy atom. The van der Waals surface area contributed by atoms with Gasteiger partial charge in [-0.05, 0) is 33.0 Å². The molecule has 1 nitrogen and oxygen atoms in total. The van der Waals surface area contributed by atoms with Crippen LogP contribution in [-0.2, 0) is 0 Å². The Kier molecular flexibility index (Phi) is 16.3. The molecule has 0 aromatic carbocycles. The van der Waals surface area contributed by atoms with Gasteiger partial charge >= 0.3 is 0 Å². The maximum atomic E-state index is 2.42. The number of unbranched alkanes of at least 4 members (excludes halogenated alkanes) is 2. The second-order valence-corrected chi connectivity index (χ2v) is 3.01. The standard InChI is InChI=1S/C9H21N.C2H6/c1-4-6-8-10(3)9-7-5-2;1-2/h4-9H2,1-3H3;1-2H3. The Morgan fingerprint density at radius 2 is 1.17 bits per heavy atom. The van der Waals surface area contributed by atoms with Crippen LogP contribution in [0, 0.1) is 0 Å². The maximum absolute atomic E-state index is 2.42. The summed E-state index contributed by atoms with van der Waals surface area (Å²) in [5.41, 5.74) is 0. The average molecular weight is 173 g/mol. The van der Waals surface area contributed by atoms with Gasteiger partial charge in [-0.25, -0.2) is 0 Å². The van der Waals surface area contributed by atoms with Gasteiger partial charge in [0.05, 0.1) is 0 Å². The molecule has 0 heterocycles. The summed E-state index contributed by atoms with van der Waals surface area (Å²) in [6, 6.07) is 0. The average Bonchev–Trinajstić information content (AvgIpc) is 2.14. The SMILES string of the molecule is CC.CCCCN(C)CCCC. The first kappa shape index (κ1) is 14.5.